The molecule has 0 spiro atoms. The molecule has 1 aliphatic rings. The summed E-state index contributed by atoms with van der Waals surface area (Å²) in [7, 11) is 0. The van der Waals surface area contributed by atoms with Crippen LogP contribution in [-0.2, 0) is 14.4 Å². The molecule has 3 N–H and O–H groups in total. The van der Waals surface area contributed by atoms with Gasteiger partial charge in [0.2, 0.25) is 11.8 Å². The van der Waals surface area contributed by atoms with Crippen LogP contribution in [0.1, 0.15) is 51.9 Å². The van der Waals surface area contributed by atoms with Gasteiger partial charge in [0.15, 0.2) is 0 Å². The number of carbonyl (C=O) groups excluding carboxylic acids is 2. The second-order valence-electron chi connectivity index (χ2n) is 5.08. The Morgan fingerprint density at radius 1 is 1.11 bits per heavy atom. The summed E-state index contributed by atoms with van der Waals surface area (Å²) in [5.41, 5.74) is -1.12. The first-order valence-electron chi connectivity index (χ1n) is 6.75. The molecule has 108 valence electrons. The summed E-state index contributed by atoms with van der Waals surface area (Å²) >= 11 is 0. The lowest BCUT2D eigenvalue weighted by atomic mass is 9.90. The third-order valence-corrected chi connectivity index (χ3v) is 3.47. The van der Waals surface area contributed by atoms with Crippen LogP contribution in [0.2, 0.25) is 0 Å². The molecule has 0 aromatic heterocycles. The van der Waals surface area contributed by atoms with Crippen molar-refractivity contribution in [1.29, 1.82) is 0 Å². The van der Waals surface area contributed by atoms with Gasteiger partial charge in [0.25, 0.3) is 0 Å². The lowest BCUT2D eigenvalue weighted by molar-refractivity contribution is -0.148. The Kier molecular flexibility index (Phi) is 5.79. The zero-order valence-electron chi connectivity index (χ0n) is 11.3. The van der Waals surface area contributed by atoms with Crippen molar-refractivity contribution >= 4 is 17.8 Å². The Hall–Kier alpha value is -1.59. The predicted octanol–water partition coefficient (Wildman–Crippen LogP) is 0.806. The van der Waals surface area contributed by atoms with Crippen LogP contribution < -0.4 is 10.6 Å². The highest BCUT2D eigenvalue weighted by atomic mass is 16.4. The number of carboxylic acids is 1. The van der Waals surface area contributed by atoms with E-state index in [9.17, 15) is 19.5 Å². The zero-order valence-corrected chi connectivity index (χ0v) is 11.3. The summed E-state index contributed by atoms with van der Waals surface area (Å²) in [5, 5.41) is 14.6. The molecule has 1 rings (SSSR count). The van der Waals surface area contributed by atoms with Gasteiger partial charge in [-0.05, 0) is 12.8 Å². The van der Waals surface area contributed by atoms with E-state index in [4.69, 9.17) is 0 Å². The summed E-state index contributed by atoms with van der Waals surface area (Å²) in [5.74, 6) is -1.48. The van der Waals surface area contributed by atoms with Crippen LogP contribution >= 0.6 is 0 Å². The number of nitrogens with one attached hydrogen (secondary N) is 2. The van der Waals surface area contributed by atoms with Gasteiger partial charge in [0, 0.05) is 19.9 Å². The fraction of sp³-hybridized carbons (Fsp3) is 0.769. The molecule has 1 fully saturated rings. The van der Waals surface area contributed by atoms with E-state index in [0.29, 0.717) is 12.8 Å². The maximum Gasteiger partial charge on any atom is 0.329 e. The van der Waals surface area contributed by atoms with Gasteiger partial charge in [-0.25, -0.2) is 4.79 Å². The van der Waals surface area contributed by atoms with Gasteiger partial charge >= 0.3 is 5.97 Å². The lowest BCUT2D eigenvalue weighted by Crippen LogP contribution is -2.54. The van der Waals surface area contributed by atoms with E-state index in [2.05, 4.69) is 10.6 Å². The number of rotatable bonds is 5. The van der Waals surface area contributed by atoms with Gasteiger partial charge < -0.3 is 15.7 Å². The van der Waals surface area contributed by atoms with Crippen molar-refractivity contribution in [1.82, 2.24) is 10.6 Å². The summed E-state index contributed by atoms with van der Waals surface area (Å²) in [6.45, 7) is 1.61. The van der Waals surface area contributed by atoms with E-state index in [1.165, 1.54) is 6.92 Å². The molecule has 19 heavy (non-hydrogen) atoms. The molecule has 0 aliphatic heterocycles. The third-order valence-electron chi connectivity index (χ3n) is 3.47. The molecule has 6 nitrogen and oxygen atoms in total. The molecule has 1 saturated carbocycles. The number of aliphatic carboxylic acids is 1. The molecule has 0 aromatic rings. The smallest absolute Gasteiger partial charge is 0.329 e. The number of carbonyl (C=O) groups is 3. The topological polar surface area (TPSA) is 95.5 Å². The Balaban J connectivity index is 2.55. The number of hydrogen-bond acceptors (Lipinski definition) is 3. The molecular formula is C13H22N2O4. The molecule has 0 aromatic carbocycles. The average molecular weight is 270 g/mol. The number of amides is 2. The molecular weight excluding hydrogens is 248 g/mol. The van der Waals surface area contributed by atoms with Crippen molar-refractivity contribution in [2.45, 2.75) is 57.4 Å². The van der Waals surface area contributed by atoms with Gasteiger partial charge in [-0.15, -0.1) is 0 Å². The van der Waals surface area contributed by atoms with Crippen molar-refractivity contribution in [2.24, 2.45) is 0 Å². The van der Waals surface area contributed by atoms with E-state index in [1.807, 2.05) is 0 Å². The Morgan fingerprint density at radius 3 is 2.16 bits per heavy atom. The molecule has 6 heteroatoms. The van der Waals surface area contributed by atoms with Crippen molar-refractivity contribution in [3.8, 4) is 0 Å². The monoisotopic (exact) mass is 270 g/mol. The van der Waals surface area contributed by atoms with Crippen LogP contribution in [0.3, 0.4) is 0 Å². The number of carboxylic acid groups (broad SMARTS) is 1. The SMILES string of the molecule is CC(=O)NCCC(=O)NC1(C(=O)O)CCCCCC1. The summed E-state index contributed by atoms with van der Waals surface area (Å²) in [6, 6.07) is 0. The van der Waals surface area contributed by atoms with Gasteiger partial charge in [0.1, 0.15) is 5.54 Å². The van der Waals surface area contributed by atoms with Gasteiger partial charge in [0.05, 0.1) is 0 Å². The summed E-state index contributed by atoms with van der Waals surface area (Å²) in [6.07, 6.45) is 4.72. The highest BCUT2D eigenvalue weighted by molar-refractivity contribution is 5.87. The highest BCUT2D eigenvalue weighted by Gasteiger charge is 2.39. The largest absolute Gasteiger partial charge is 0.480 e. The molecule has 0 radical (unpaired) electrons. The second-order valence-corrected chi connectivity index (χ2v) is 5.08. The molecule has 0 heterocycles. The standard InChI is InChI=1S/C13H22N2O4/c1-10(16)14-9-6-11(17)15-13(12(18)19)7-4-2-3-5-8-13/h2-9H2,1H3,(H,14,16)(H,15,17)(H,18,19). The first kappa shape index (κ1) is 15.5. The Labute approximate surface area is 112 Å². The minimum atomic E-state index is -1.12. The van der Waals surface area contributed by atoms with Crippen molar-refractivity contribution in [3.63, 3.8) is 0 Å². The fourth-order valence-corrected chi connectivity index (χ4v) is 2.41. The van der Waals surface area contributed by atoms with Gasteiger partial charge in [-0.3, -0.25) is 9.59 Å². The van der Waals surface area contributed by atoms with Crippen LogP contribution in [0.15, 0.2) is 0 Å². The van der Waals surface area contributed by atoms with E-state index in [0.717, 1.165) is 25.7 Å². The third kappa shape index (κ3) is 4.89. The molecule has 2 amide bonds. The summed E-state index contributed by atoms with van der Waals surface area (Å²) < 4.78 is 0. The van der Waals surface area contributed by atoms with Crippen LogP contribution in [0.5, 0.6) is 0 Å². The molecule has 0 bridgehead atoms. The first-order valence-corrected chi connectivity index (χ1v) is 6.75. The summed E-state index contributed by atoms with van der Waals surface area (Å²) in [4.78, 5) is 33.9. The predicted molar refractivity (Wildman–Crippen MR) is 69.5 cm³/mol. The van der Waals surface area contributed by atoms with Crippen LogP contribution in [0, 0.1) is 0 Å². The van der Waals surface area contributed by atoms with Crippen molar-refractivity contribution in [2.75, 3.05) is 6.54 Å². The van der Waals surface area contributed by atoms with Crippen LogP contribution in [0.4, 0.5) is 0 Å². The molecule has 0 unspecified atom stereocenters. The fourth-order valence-electron chi connectivity index (χ4n) is 2.41. The molecule has 0 atom stereocenters. The molecule has 0 saturated heterocycles. The van der Waals surface area contributed by atoms with E-state index < -0.39 is 11.5 Å². The number of hydrogen-bond donors (Lipinski definition) is 3. The van der Waals surface area contributed by atoms with E-state index in [1.54, 1.807) is 0 Å². The first-order chi connectivity index (χ1) is 8.96. The second kappa shape index (κ2) is 7.11. The maximum atomic E-state index is 11.8. The Morgan fingerprint density at radius 2 is 1.68 bits per heavy atom. The maximum absolute atomic E-state index is 11.8. The minimum absolute atomic E-state index is 0.106. The molecule has 1 aliphatic carbocycles. The van der Waals surface area contributed by atoms with E-state index in [-0.39, 0.29) is 24.8 Å². The van der Waals surface area contributed by atoms with E-state index >= 15 is 0 Å². The highest BCUT2D eigenvalue weighted by Crippen LogP contribution is 2.27. The van der Waals surface area contributed by atoms with Crippen molar-refractivity contribution < 1.29 is 19.5 Å². The minimum Gasteiger partial charge on any atom is -0.480 e. The quantitative estimate of drug-likeness (QED) is 0.644. The average Bonchev–Trinajstić information content (AvgIpc) is 2.55. The van der Waals surface area contributed by atoms with Crippen molar-refractivity contribution in [3.05, 3.63) is 0 Å². The van der Waals surface area contributed by atoms with Gasteiger partial charge in [-0.2, -0.15) is 0 Å². The normalized spacial score (nSPS) is 18.2. The van der Waals surface area contributed by atoms with Crippen LogP contribution in [-0.4, -0.2) is 35.0 Å². The lowest BCUT2D eigenvalue weighted by Gasteiger charge is -2.29. The van der Waals surface area contributed by atoms with Gasteiger partial charge in [-0.1, -0.05) is 25.7 Å². The van der Waals surface area contributed by atoms with Crippen LogP contribution in [0.25, 0.3) is 0 Å². The zero-order chi connectivity index (χ0) is 14.3. The Bertz CT molecular complexity index is 347.